The number of carbonyl (C=O) groups is 1. The molecule has 7 nitrogen and oxygen atoms in total. The highest BCUT2D eigenvalue weighted by Gasteiger charge is 2.46. The lowest BCUT2D eigenvalue weighted by atomic mass is 9.68. The summed E-state index contributed by atoms with van der Waals surface area (Å²) in [4.78, 5) is 31.6. The summed E-state index contributed by atoms with van der Waals surface area (Å²) >= 11 is 0. The molecule has 4 atom stereocenters. The van der Waals surface area contributed by atoms with Crippen LogP contribution in [-0.4, -0.2) is 61.6 Å². The van der Waals surface area contributed by atoms with E-state index in [1.165, 1.54) is 37.8 Å². The predicted octanol–water partition coefficient (Wildman–Crippen LogP) is 4.08. The van der Waals surface area contributed by atoms with E-state index in [0.29, 0.717) is 45.9 Å². The normalized spacial score (nSPS) is 27.8. The van der Waals surface area contributed by atoms with Gasteiger partial charge in [-0.1, -0.05) is 18.1 Å². The van der Waals surface area contributed by atoms with Gasteiger partial charge in [0.05, 0.1) is 37.6 Å². The molecule has 3 aliphatic heterocycles. The zero-order chi connectivity index (χ0) is 25.0. The number of nitrogens with zero attached hydrogens (tertiary/aromatic N) is 2. The van der Waals surface area contributed by atoms with Gasteiger partial charge < -0.3 is 18.8 Å². The monoisotopic (exact) mass is 492 g/mol. The number of ether oxygens (including phenoxy) is 2. The molecule has 4 heterocycles. The highest BCUT2D eigenvalue weighted by molar-refractivity contribution is 5.90. The zero-order valence-electron chi connectivity index (χ0n) is 21.5. The van der Waals surface area contributed by atoms with Gasteiger partial charge in [0.2, 0.25) is 5.91 Å². The molecule has 2 aromatic rings. The van der Waals surface area contributed by atoms with Crippen molar-refractivity contribution in [3.05, 3.63) is 45.3 Å². The van der Waals surface area contributed by atoms with Gasteiger partial charge in [-0.3, -0.25) is 9.69 Å². The highest BCUT2D eigenvalue weighted by atomic mass is 16.5. The maximum absolute atomic E-state index is 13.8. The van der Waals surface area contributed by atoms with E-state index in [1.807, 2.05) is 6.92 Å². The number of carbonyl (C=O) groups excluding carboxylic acids is 1. The van der Waals surface area contributed by atoms with Crippen molar-refractivity contribution < 1.29 is 18.7 Å². The van der Waals surface area contributed by atoms with Crippen LogP contribution in [0.2, 0.25) is 0 Å². The van der Waals surface area contributed by atoms with E-state index in [2.05, 4.69) is 15.9 Å². The Morgan fingerprint density at radius 3 is 2.81 bits per heavy atom. The van der Waals surface area contributed by atoms with Crippen molar-refractivity contribution >= 4 is 16.9 Å². The first kappa shape index (κ1) is 23.6. The van der Waals surface area contributed by atoms with Gasteiger partial charge >= 0.3 is 5.63 Å². The highest BCUT2D eigenvalue weighted by Crippen LogP contribution is 2.45. The fraction of sp³-hybridized carbons (Fsp3) is 0.586. The molecule has 3 saturated heterocycles. The minimum absolute atomic E-state index is 0.0204. The number of aryl methyl sites for hydroxylation is 1. The van der Waals surface area contributed by atoms with E-state index in [0.717, 1.165) is 31.5 Å². The number of benzene rings is 1. The van der Waals surface area contributed by atoms with Gasteiger partial charge in [-0.25, -0.2) is 4.79 Å². The minimum atomic E-state index is -0.464. The summed E-state index contributed by atoms with van der Waals surface area (Å²) in [7, 11) is 3.14. The Bertz CT molecular complexity index is 1280. The average molecular weight is 493 g/mol. The van der Waals surface area contributed by atoms with Crippen LogP contribution in [0.1, 0.15) is 49.7 Å². The van der Waals surface area contributed by atoms with E-state index >= 15 is 0 Å². The van der Waals surface area contributed by atoms with Crippen molar-refractivity contribution in [2.45, 2.75) is 64.0 Å². The van der Waals surface area contributed by atoms with E-state index in [-0.39, 0.29) is 18.4 Å². The molecule has 1 aromatic carbocycles. The van der Waals surface area contributed by atoms with Crippen molar-refractivity contribution in [1.29, 1.82) is 0 Å². The van der Waals surface area contributed by atoms with Gasteiger partial charge in [-0.05, 0) is 63.0 Å². The molecular formula is C29H36N2O5. The molecule has 1 aliphatic carbocycles. The largest absolute Gasteiger partial charge is 0.496 e. The number of hydrogen-bond donors (Lipinski definition) is 0. The Balaban J connectivity index is 1.31. The van der Waals surface area contributed by atoms with Crippen molar-refractivity contribution in [3.8, 4) is 11.5 Å². The SMILES string of the molecule is COc1cc(OC)c2c(C)c(CC(=O)N3CCCC4=C[C@H]5C[C@H](CN6CCCC[C@H]56)[C@@H]43)c(=O)oc2c1. The lowest BCUT2D eigenvalue weighted by molar-refractivity contribution is -0.135. The zero-order valence-corrected chi connectivity index (χ0v) is 21.5. The van der Waals surface area contributed by atoms with Crippen molar-refractivity contribution in [3.63, 3.8) is 0 Å². The van der Waals surface area contributed by atoms with Crippen LogP contribution in [0.5, 0.6) is 11.5 Å². The van der Waals surface area contributed by atoms with Crippen molar-refractivity contribution in [2.75, 3.05) is 33.9 Å². The maximum atomic E-state index is 13.8. The molecule has 1 aromatic heterocycles. The first-order valence-electron chi connectivity index (χ1n) is 13.4. The van der Waals surface area contributed by atoms with Gasteiger partial charge in [0.15, 0.2) is 0 Å². The molecule has 7 heteroatoms. The van der Waals surface area contributed by atoms with E-state index in [4.69, 9.17) is 13.9 Å². The summed E-state index contributed by atoms with van der Waals surface area (Å²) in [5, 5.41) is 0.712. The minimum Gasteiger partial charge on any atom is -0.496 e. The fourth-order valence-corrected chi connectivity index (χ4v) is 7.47. The van der Waals surface area contributed by atoms with Crippen LogP contribution in [0.3, 0.4) is 0 Å². The third-order valence-corrected chi connectivity index (χ3v) is 9.08. The van der Waals surface area contributed by atoms with Crippen LogP contribution in [0.4, 0.5) is 0 Å². The van der Waals surface area contributed by atoms with Crippen LogP contribution in [-0.2, 0) is 11.2 Å². The Morgan fingerprint density at radius 1 is 1.14 bits per heavy atom. The molecule has 0 N–H and O–H groups in total. The summed E-state index contributed by atoms with van der Waals surface area (Å²) in [5.41, 5.74) is 2.55. The third-order valence-electron chi connectivity index (χ3n) is 9.08. The molecule has 192 valence electrons. The Hall–Kier alpha value is -2.80. The van der Waals surface area contributed by atoms with Crippen LogP contribution in [0.25, 0.3) is 11.0 Å². The van der Waals surface area contributed by atoms with E-state index in [1.54, 1.807) is 26.4 Å². The van der Waals surface area contributed by atoms with Gasteiger partial charge in [0.1, 0.15) is 17.1 Å². The lowest BCUT2D eigenvalue weighted by Gasteiger charge is -2.54. The first-order chi connectivity index (χ1) is 17.5. The molecule has 2 bridgehead atoms. The first-order valence-corrected chi connectivity index (χ1v) is 13.4. The quantitative estimate of drug-likeness (QED) is 0.473. The molecule has 36 heavy (non-hydrogen) atoms. The van der Waals surface area contributed by atoms with Gasteiger partial charge in [-0.15, -0.1) is 0 Å². The van der Waals surface area contributed by atoms with Crippen molar-refractivity contribution in [2.24, 2.45) is 11.8 Å². The average Bonchev–Trinajstić information content (AvgIpc) is 2.89. The summed E-state index contributed by atoms with van der Waals surface area (Å²) in [6.07, 6.45) is 9.75. The van der Waals surface area contributed by atoms with Gasteiger partial charge in [0, 0.05) is 31.3 Å². The molecule has 0 radical (unpaired) electrons. The molecule has 0 saturated carbocycles. The predicted molar refractivity (Wildman–Crippen MR) is 138 cm³/mol. The van der Waals surface area contributed by atoms with E-state index in [9.17, 15) is 9.59 Å². The van der Waals surface area contributed by atoms with Gasteiger partial charge in [0.25, 0.3) is 0 Å². The summed E-state index contributed by atoms with van der Waals surface area (Å²) < 4.78 is 16.6. The summed E-state index contributed by atoms with van der Waals surface area (Å²) in [5.74, 6) is 2.25. The van der Waals surface area contributed by atoms with Crippen molar-refractivity contribution in [1.82, 2.24) is 9.80 Å². The molecular weight excluding hydrogens is 456 g/mol. The van der Waals surface area contributed by atoms with E-state index < -0.39 is 5.63 Å². The Kier molecular flexibility index (Phi) is 6.06. The number of amides is 1. The maximum Gasteiger partial charge on any atom is 0.340 e. The van der Waals surface area contributed by atoms with Crippen LogP contribution in [0.15, 0.2) is 33.0 Å². The molecule has 0 unspecified atom stereocenters. The number of hydrogen-bond acceptors (Lipinski definition) is 6. The second-order valence-corrected chi connectivity index (χ2v) is 11.0. The lowest BCUT2D eigenvalue weighted by Crippen LogP contribution is -2.60. The summed E-state index contributed by atoms with van der Waals surface area (Å²) in [6, 6.07) is 4.32. The van der Waals surface area contributed by atoms with Crippen LogP contribution in [0, 0.1) is 18.8 Å². The van der Waals surface area contributed by atoms with Crippen LogP contribution < -0.4 is 15.1 Å². The number of fused-ring (bicyclic) bond motifs is 7. The number of piperidine rings is 3. The Morgan fingerprint density at radius 2 is 2.00 bits per heavy atom. The Labute approximate surface area is 212 Å². The smallest absolute Gasteiger partial charge is 0.340 e. The molecule has 6 rings (SSSR count). The summed E-state index contributed by atoms with van der Waals surface area (Å²) in [6.45, 7) is 4.90. The standard InChI is InChI=1S/C29H36N2O5/c1-17-22(29(33)36-25-14-21(34-2)13-24(35-3)27(17)25)15-26(32)31-10-6-7-18-11-19-12-20(28(18)31)16-30-9-5-4-8-23(19)30/h11,13-14,19-20,23,28H,4-10,12,15-16H2,1-3H3/t19-,20+,23+,28+/m0/s1. The fourth-order valence-electron chi connectivity index (χ4n) is 7.47. The number of likely N-dealkylation sites (tertiary alicyclic amines) is 1. The topological polar surface area (TPSA) is 72.2 Å². The number of methoxy groups -OCH3 is 2. The molecule has 0 spiro atoms. The third kappa shape index (κ3) is 3.83. The second-order valence-electron chi connectivity index (χ2n) is 11.0. The van der Waals surface area contributed by atoms with Crippen LogP contribution >= 0.6 is 0 Å². The molecule has 1 amide bonds. The molecule has 3 fully saturated rings. The molecule has 4 aliphatic rings. The second kappa shape index (κ2) is 9.25. The van der Waals surface area contributed by atoms with Gasteiger partial charge in [-0.2, -0.15) is 0 Å². The number of rotatable bonds is 4.